The van der Waals surface area contributed by atoms with Crippen LogP contribution in [0.4, 0.5) is 0 Å². The van der Waals surface area contributed by atoms with Gasteiger partial charge in [0.25, 0.3) is 0 Å². The topological polar surface area (TPSA) is 78.0 Å². The Balaban J connectivity index is 1.71. The second kappa shape index (κ2) is 7.64. The third kappa shape index (κ3) is 3.71. The molecule has 4 rings (SSSR count). The first-order valence-electron chi connectivity index (χ1n) is 9.77. The van der Waals surface area contributed by atoms with Gasteiger partial charge in [0.05, 0.1) is 5.69 Å². The van der Waals surface area contributed by atoms with Gasteiger partial charge in [-0.05, 0) is 44.2 Å². The quantitative estimate of drug-likeness (QED) is 0.688. The number of carbonyl (C=O) groups is 1. The van der Waals surface area contributed by atoms with Gasteiger partial charge in [-0.15, -0.1) is 0 Å². The zero-order chi connectivity index (χ0) is 20.5. The third-order valence-electron chi connectivity index (χ3n) is 5.66. The number of nitrogens with zero attached hydrogens (tertiary/aromatic N) is 6. The lowest BCUT2D eigenvalue weighted by Crippen LogP contribution is -2.48. The van der Waals surface area contributed by atoms with Crippen molar-refractivity contribution in [2.24, 2.45) is 0 Å². The van der Waals surface area contributed by atoms with Gasteiger partial charge in [-0.25, -0.2) is 9.97 Å². The minimum atomic E-state index is 0.0699. The number of hydrogen-bond donors (Lipinski definition) is 0. The number of amides is 1. The Labute approximate surface area is 170 Å². The van der Waals surface area contributed by atoms with Gasteiger partial charge in [-0.1, -0.05) is 12.1 Å². The fraction of sp³-hybridized carbons (Fsp3) is 0.364. The number of fused-ring (bicyclic) bond motifs is 1. The molecule has 1 amide bonds. The highest BCUT2D eigenvalue weighted by Crippen LogP contribution is 2.28. The summed E-state index contributed by atoms with van der Waals surface area (Å²) in [5.74, 6) is 0.179. The first kappa shape index (κ1) is 19.1. The molecule has 0 unspecified atom stereocenters. The largest absolute Gasteiger partial charge is 0.339 e. The smallest absolute Gasteiger partial charge is 0.242 e. The molecule has 1 aromatic carbocycles. The maximum absolute atomic E-state index is 12.8. The van der Waals surface area contributed by atoms with E-state index in [9.17, 15) is 10.1 Å². The van der Waals surface area contributed by atoms with E-state index in [4.69, 9.17) is 0 Å². The van der Waals surface area contributed by atoms with Crippen LogP contribution in [0.2, 0.25) is 0 Å². The van der Waals surface area contributed by atoms with E-state index in [-0.39, 0.29) is 18.3 Å². The van der Waals surface area contributed by atoms with Crippen molar-refractivity contribution in [3.05, 3.63) is 47.4 Å². The van der Waals surface area contributed by atoms with Gasteiger partial charge in [-0.2, -0.15) is 5.26 Å². The standard InChI is InChI=1S/C22H24N6O/c1-15-4-5-17(12-16(15)2)21-18-6-7-28(22(18)25-19(13-23)24-21)14-20(29)27-10-8-26(3)9-11-27/h4-7,12H,8-11,14H2,1-3H3. The van der Waals surface area contributed by atoms with E-state index in [1.807, 2.05) is 27.8 Å². The van der Waals surface area contributed by atoms with Crippen LogP contribution in [0, 0.1) is 25.2 Å². The van der Waals surface area contributed by atoms with E-state index >= 15 is 0 Å². The molecule has 3 heterocycles. The van der Waals surface area contributed by atoms with Gasteiger partial charge in [0.2, 0.25) is 11.7 Å². The fourth-order valence-corrected chi connectivity index (χ4v) is 3.65. The number of carbonyl (C=O) groups excluding carboxylic acids is 1. The lowest BCUT2D eigenvalue weighted by Gasteiger charge is -2.32. The summed E-state index contributed by atoms with van der Waals surface area (Å²) >= 11 is 0. The van der Waals surface area contributed by atoms with Crippen LogP contribution in [0.3, 0.4) is 0 Å². The zero-order valence-electron chi connectivity index (χ0n) is 17.0. The van der Waals surface area contributed by atoms with Crippen molar-refractivity contribution in [1.82, 2.24) is 24.3 Å². The molecule has 1 aliphatic heterocycles. The van der Waals surface area contributed by atoms with Crippen LogP contribution >= 0.6 is 0 Å². The lowest BCUT2D eigenvalue weighted by molar-refractivity contribution is -0.133. The number of benzene rings is 1. The second-order valence-corrected chi connectivity index (χ2v) is 7.67. The molecule has 0 spiro atoms. The molecule has 7 heteroatoms. The van der Waals surface area contributed by atoms with Crippen LogP contribution in [0.1, 0.15) is 17.0 Å². The number of likely N-dealkylation sites (N-methyl/N-ethyl adjacent to an activating group) is 1. The Bertz CT molecular complexity index is 1120. The van der Waals surface area contributed by atoms with Gasteiger partial charge in [0, 0.05) is 43.3 Å². The highest BCUT2D eigenvalue weighted by molar-refractivity contribution is 5.92. The van der Waals surface area contributed by atoms with Crippen molar-refractivity contribution in [1.29, 1.82) is 5.26 Å². The van der Waals surface area contributed by atoms with E-state index in [1.54, 1.807) is 0 Å². The molecule has 0 saturated carbocycles. The van der Waals surface area contributed by atoms with Crippen LogP contribution in [-0.2, 0) is 11.3 Å². The lowest BCUT2D eigenvalue weighted by atomic mass is 10.0. The Morgan fingerprint density at radius 1 is 1.10 bits per heavy atom. The average Bonchev–Trinajstić information content (AvgIpc) is 3.12. The van der Waals surface area contributed by atoms with Gasteiger partial charge < -0.3 is 14.4 Å². The third-order valence-corrected chi connectivity index (χ3v) is 5.66. The van der Waals surface area contributed by atoms with Crippen LogP contribution in [0.15, 0.2) is 30.5 Å². The molecule has 29 heavy (non-hydrogen) atoms. The molecule has 3 aromatic rings. The van der Waals surface area contributed by atoms with Crippen molar-refractivity contribution in [2.75, 3.05) is 33.2 Å². The second-order valence-electron chi connectivity index (χ2n) is 7.67. The summed E-state index contributed by atoms with van der Waals surface area (Å²) in [7, 11) is 2.07. The Morgan fingerprint density at radius 2 is 1.86 bits per heavy atom. The molecule has 0 radical (unpaired) electrons. The number of rotatable bonds is 3. The number of aryl methyl sites for hydroxylation is 2. The van der Waals surface area contributed by atoms with Crippen LogP contribution in [0.25, 0.3) is 22.3 Å². The van der Waals surface area contributed by atoms with Gasteiger partial charge in [0.15, 0.2) is 0 Å². The van der Waals surface area contributed by atoms with E-state index in [1.165, 1.54) is 5.56 Å². The van der Waals surface area contributed by atoms with Crippen molar-refractivity contribution in [3.8, 4) is 17.3 Å². The predicted octanol–water partition coefficient (Wildman–Crippen LogP) is 2.36. The van der Waals surface area contributed by atoms with Crippen molar-refractivity contribution in [2.45, 2.75) is 20.4 Å². The molecule has 1 saturated heterocycles. The summed E-state index contributed by atoms with van der Waals surface area (Å²) in [5.41, 5.74) is 4.65. The molecule has 0 N–H and O–H groups in total. The van der Waals surface area contributed by atoms with Crippen molar-refractivity contribution < 1.29 is 4.79 Å². The molecule has 0 aliphatic carbocycles. The SMILES string of the molecule is Cc1ccc(-c2nc(C#N)nc3c2ccn3CC(=O)N2CCN(C)CC2)cc1C. The number of hydrogen-bond acceptors (Lipinski definition) is 5. The fourth-order valence-electron chi connectivity index (χ4n) is 3.65. The van der Waals surface area contributed by atoms with E-state index in [2.05, 4.69) is 54.0 Å². The van der Waals surface area contributed by atoms with E-state index in [0.717, 1.165) is 48.4 Å². The van der Waals surface area contributed by atoms with E-state index in [0.29, 0.717) is 5.65 Å². The normalized spacial score (nSPS) is 14.9. The number of piperazine rings is 1. The molecule has 148 valence electrons. The zero-order valence-corrected chi connectivity index (χ0v) is 17.0. The first-order chi connectivity index (χ1) is 14.0. The first-order valence-corrected chi connectivity index (χ1v) is 9.77. The average molecular weight is 388 g/mol. The molecule has 2 aromatic heterocycles. The molecule has 0 bridgehead atoms. The summed E-state index contributed by atoms with van der Waals surface area (Å²) < 4.78 is 1.82. The summed E-state index contributed by atoms with van der Waals surface area (Å²) in [6, 6.07) is 10.1. The Kier molecular flexibility index (Phi) is 5.03. The Morgan fingerprint density at radius 3 is 2.55 bits per heavy atom. The van der Waals surface area contributed by atoms with Crippen molar-refractivity contribution >= 4 is 16.9 Å². The number of aromatic nitrogens is 3. The Hall–Kier alpha value is -3.24. The van der Waals surface area contributed by atoms with Crippen LogP contribution in [0.5, 0.6) is 0 Å². The predicted molar refractivity (Wildman–Crippen MR) is 111 cm³/mol. The van der Waals surface area contributed by atoms with Crippen LogP contribution < -0.4 is 0 Å². The maximum atomic E-state index is 12.8. The molecule has 7 nitrogen and oxygen atoms in total. The monoisotopic (exact) mass is 388 g/mol. The van der Waals surface area contributed by atoms with E-state index < -0.39 is 0 Å². The highest BCUT2D eigenvalue weighted by Gasteiger charge is 2.21. The highest BCUT2D eigenvalue weighted by atomic mass is 16.2. The van der Waals surface area contributed by atoms with Crippen molar-refractivity contribution in [3.63, 3.8) is 0 Å². The van der Waals surface area contributed by atoms with Gasteiger partial charge in [0.1, 0.15) is 18.3 Å². The summed E-state index contributed by atoms with van der Waals surface area (Å²) in [4.78, 5) is 25.8. The molecule has 1 fully saturated rings. The number of nitriles is 1. The summed E-state index contributed by atoms with van der Waals surface area (Å²) in [5, 5.41) is 10.3. The molecule has 0 atom stereocenters. The summed E-state index contributed by atoms with van der Waals surface area (Å²) in [6.45, 7) is 7.58. The van der Waals surface area contributed by atoms with Crippen LogP contribution in [-0.4, -0.2) is 63.5 Å². The molecular formula is C22H24N6O. The minimum absolute atomic E-state index is 0.0699. The summed E-state index contributed by atoms with van der Waals surface area (Å²) in [6.07, 6.45) is 1.86. The van der Waals surface area contributed by atoms with Gasteiger partial charge >= 0.3 is 0 Å². The maximum Gasteiger partial charge on any atom is 0.242 e. The molecule has 1 aliphatic rings. The minimum Gasteiger partial charge on any atom is -0.339 e. The molecular weight excluding hydrogens is 364 g/mol. The van der Waals surface area contributed by atoms with Gasteiger partial charge in [-0.3, -0.25) is 4.79 Å².